The monoisotopic (exact) mass is 479 g/mol. The fraction of sp³-hybridized carbons (Fsp3) is 0.667. The minimum Gasteiger partial charge on any atom is -0.443 e. The van der Waals surface area contributed by atoms with Gasteiger partial charge in [-0.2, -0.15) is 9.61 Å². The Hall–Kier alpha value is -1.87. The van der Waals surface area contributed by atoms with Crippen LogP contribution in [0.25, 0.3) is 5.65 Å². The molecule has 2 saturated carbocycles. The molecule has 2 N–H and O–H groups in total. The molecule has 0 saturated heterocycles. The van der Waals surface area contributed by atoms with Gasteiger partial charge in [0, 0.05) is 12.6 Å². The van der Waals surface area contributed by atoms with E-state index in [1.807, 2.05) is 26.8 Å². The van der Waals surface area contributed by atoms with Crippen molar-refractivity contribution >= 4 is 39.3 Å². The van der Waals surface area contributed by atoms with E-state index in [-0.39, 0.29) is 6.04 Å². The lowest BCUT2D eigenvalue weighted by atomic mass is 9.92. The minimum absolute atomic E-state index is 0.0540. The lowest BCUT2D eigenvalue weighted by Crippen LogP contribution is -2.40. The predicted octanol–water partition coefficient (Wildman–Crippen LogP) is 4.36. The van der Waals surface area contributed by atoms with Gasteiger partial charge in [0.1, 0.15) is 17.2 Å². The van der Waals surface area contributed by atoms with Gasteiger partial charge in [-0.3, -0.25) is 4.90 Å². The maximum atomic E-state index is 13.1. The van der Waals surface area contributed by atoms with Gasteiger partial charge < -0.3 is 15.2 Å². The van der Waals surface area contributed by atoms with Gasteiger partial charge in [0.15, 0.2) is 5.65 Å². The normalized spacial score (nSPS) is 22.2. The SMILES string of the molecule is CC(C)(C)OC(=O)N(CC1CC1)c1cc(N[C@H]2CCCC[C@H]2O)nc2c(Br)cnn12. The summed E-state index contributed by atoms with van der Waals surface area (Å²) in [4.78, 5) is 19.5. The Morgan fingerprint density at radius 1 is 1.33 bits per heavy atom. The van der Waals surface area contributed by atoms with Crippen LogP contribution in [0.15, 0.2) is 16.7 Å². The summed E-state index contributed by atoms with van der Waals surface area (Å²) >= 11 is 3.51. The summed E-state index contributed by atoms with van der Waals surface area (Å²) in [7, 11) is 0. The average molecular weight is 480 g/mol. The summed E-state index contributed by atoms with van der Waals surface area (Å²) in [5.41, 5.74) is 0.0212. The molecule has 2 aromatic rings. The summed E-state index contributed by atoms with van der Waals surface area (Å²) in [6, 6.07) is 1.78. The number of aromatic nitrogens is 3. The molecular formula is C21H30BrN5O3. The highest BCUT2D eigenvalue weighted by molar-refractivity contribution is 9.10. The van der Waals surface area contributed by atoms with Crippen LogP contribution in [-0.4, -0.2) is 50.1 Å². The number of hydrogen-bond donors (Lipinski definition) is 2. The molecule has 164 valence electrons. The number of hydrogen-bond acceptors (Lipinski definition) is 6. The molecule has 0 aromatic carbocycles. The third kappa shape index (κ3) is 4.88. The van der Waals surface area contributed by atoms with Crippen molar-refractivity contribution in [2.75, 3.05) is 16.8 Å². The maximum absolute atomic E-state index is 13.1. The molecule has 4 rings (SSSR count). The zero-order chi connectivity index (χ0) is 21.5. The van der Waals surface area contributed by atoms with Gasteiger partial charge >= 0.3 is 6.09 Å². The number of halogens is 1. The highest BCUT2D eigenvalue weighted by Gasteiger charge is 2.33. The van der Waals surface area contributed by atoms with Crippen LogP contribution in [0.5, 0.6) is 0 Å². The Morgan fingerprint density at radius 2 is 2.07 bits per heavy atom. The van der Waals surface area contributed by atoms with Crippen molar-refractivity contribution in [3.05, 3.63) is 16.7 Å². The number of nitrogens with one attached hydrogen (secondary N) is 1. The molecule has 2 aromatic heterocycles. The van der Waals surface area contributed by atoms with Crippen LogP contribution in [0.1, 0.15) is 59.3 Å². The Labute approximate surface area is 185 Å². The van der Waals surface area contributed by atoms with Crippen molar-refractivity contribution in [3.63, 3.8) is 0 Å². The summed E-state index contributed by atoms with van der Waals surface area (Å²) in [5.74, 6) is 1.70. The van der Waals surface area contributed by atoms with Gasteiger partial charge in [0.2, 0.25) is 0 Å². The lowest BCUT2D eigenvalue weighted by molar-refractivity contribution is 0.0576. The van der Waals surface area contributed by atoms with E-state index in [0.29, 0.717) is 29.7 Å². The molecule has 0 bridgehead atoms. The van der Waals surface area contributed by atoms with Crippen LogP contribution >= 0.6 is 15.9 Å². The van der Waals surface area contributed by atoms with E-state index in [2.05, 4.69) is 31.3 Å². The molecule has 2 fully saturated rings. The van der Waals surface area contributed by atoms with E-state index >= 15 is 0 Å². The first kappa shape index (κ1) is 21.4. The van der Waals surface area contributed by atoms with Crippen molar-refractivity contribution in [2.24, 2.45) is 5.92 Å². The standard InChI is InChI=1S/C21H30BrN5O3/c1-21(2,3)30-20(29)26(12-13-8-9-13)18-10-17(24-15-6-4-5-7-16(15)28)25-19-14(22)11-23-27(18)19/h10-11,13,15-16,28H,4-9,12H2,1-3H3,(H,24,25)/t15-,16+/m0/s1. The van der Waals surface area contributed by atoms with E-state index in [1.165, 1.54) is 0 Å². The highest BCUT2D eigenvalue weighted by atomic mass is 79.9. The van der Waals surface area contributed by atoms with Crippen molar-refractivity contribution < 1.29 is 14.6 Å². The lowest BCUT2D eigenvalue weighted by Gasteiger charge is -2.30. The second-order valence-corrected chi connectivity index (χ2v) is 10.2. The largest absolute Gasteiger partial charge is 0.443 e. The van der Waals surface area contributed by atoms with Crippen LogP contribution in [0.4, 0.5) is 16.4 Å². The molecule has 30 heavy (non-hydrogen) atoms. The Bertz CT molecular complexity index is 921. The molecule has 8 nitrogen and oxygen atoms in total. The molecule has 1 amide bonds. The number of carbonyl (C=O) groups is 1. The third-order valence-corrected chi connectivity index (χ3v) is 6.06. The fourth-order valence-corrected chi connectivity index (χ4v) is 4.14. The molecule has 0 spiro atoms. The third-order valence-electron chi connectivity index (χ3n) is 5.50. The first-order chi connectivity index (χ1) is 14.2. The summed E-state index contributed by atoms with van der Waals surface area (Å²) in [6.45, 7) is 6.18. The number of fused-ring (bicyclic) bond motifs is 1. The number of rotatable bonds is 5. The number of aliphatic hydroxyl groups excluding tert-OH is 1. The van der Waals surface area contributed by atoms with Crippen molar-refractivity contribution in [1.29, 1.82) is 0 Å². The number of amides is 1. The summed E-state index contributed by atoms with van der Waals surface area (Å²) in [6.07, 6.45) is 6.89. The second-order valence-electron chi connectivity index (χ2n) is 9.36. The molecule has 0 unspecified atom stereocenters. The minimum atomic E-state index is -0.594. The number of ether oxygens (including phenoxy) is 1. The van der Waals surface area contributed by atoms with Crippen molar-refractivity contribution in [3.8, 4) is 0 Å². The topological polar surface area (TPSA) is 92.0 Å². The van der Waals surface area contributed by atoms with Crippen LogP contribution in [0, 0.1) is 5.92 Å². The Balaban J connectivity index is 1.71. The van der Waals surface area contributed by atoms with E-state index in [0.717, 1.165) is 43.0 Å². The van der Waals surface area contributed by atoms with Gasteiger partial charge in [0.05, 0.1) is 22.8 Å². The molecule has 2 aliphatic carbocycles. The number of nitrogens with zero attached hydrogens (tertiary/aromatic N) is 4. The summed E-state index contributed by atoms with van der Waals surface area (Å²) < 4.78 is 8.11. The quantitative estimate of drug-likeness (QED) is 0.661. The van der Waals surface area contributed by atoms with Crippen molar-refractivity contribution in [1.82, 2.24) is 14.6 Å². The smallest absolute Gasteiger partial charge is 0.416 e. The van der Waals surface area contributed by atoms with Crippen molar-refractivity contribution in [2.45, 2.75) is 77.0 Å². The first-order valence-electron chi connectivity index (χ1n) is 10.7. The van der Waals surface area contributed by atoms with Gasteiger partial charge in [-0.1, -0.05) is 12.8 Å². The maximum Gasteiger partial charge on any atom is 0.416 e. The van der Waals surface area contributed by atoms with E-state index in [4.69, 9.17) is 4.74 Å². The fourth-order valence-electron chi connectivity index (χ4n) is 3.79. The Morgan fingerprint density at radius 3 is 2.73 bits per heavy atom. The van der Waals surface area contributed by atoms with E-state index in [9.17, 15) is 9.90 Å². The Kier molecular flexibility index (Phi) is 5.94. The highest BCUT2D eigenvalue weighted by Crippen LogP contribution is 2.34. The van der Waals surface area contributed by atoms with Gasteiger partial charge in [0.25, 0.3) is 0 Å². The molecular weight excluding hydrogens is 450 g/mol. The second kappa shape index (κ2) is 8.34. The number of carbonyl (C=O) groups excluding carboxylic acids is 1. The molecule has 9 heteroatoms. The van der Waals surface area contributed by atoms with Crippen LogP contribution < -0.4 is 10.2 Å². The molecule has 0 aliphatic heterocycles. The van der Waals surface area contributed by atoms with Gasteiger partial charge in [-0.15, -0.1) is 0 Å². The number of anilines is 2. The van der Waals surface area contributed by atoms with E-state index in [1.54, 1.807) is 15.6 Å². The van der Waals surface area contributed by atoms with Gasteiger partial charge in [-0.05, 0) is 68.3 Å². The molecule has 2 aliphatic rings. The zero-order valence-corrected chi connectivity index (χ0v) is 19.4. The first-order valence-corrected chi connectivity index (χ1v) is 11.5. The predicted molar refractivity (Wildman–Crippen MR) is 119 cm³/mol. The van der Waals surface area contributed by atoms with Crippen LogP contribution in [0.2, 0.25) is 0 Å². The van der Waals surface area contributed by atoms with Gasteiger partial charge in [-0.25, -0.2) is 9.78 Å². The van der Waals surface area contributed by atoms with Crippen LogP contribution in [0.3, 0.4) is 0 Å². The molecule has 0 radical (unpaired) electrons. The number of aliphatic hydroxyl groups is 1. The zero-order valence-electron chi connectivity index (χ0n) is 17.8. The van der Waals surface area contributed by atoms with Crippen LogP contribution in [-0.2, 0) is 4.74 Å². The summed E-state index contributed by atoms with van der Waals surface area (Å²) in [5, 5.41) is 18.2. The molecule has 2 heterocycles. The average Bonchev–Trinajstić information content (AvgIpc) is 3.42. The molecule has 2 atom stereocenters. The van der Waals surface area contributed by atoms with E-state index < -0.39 is 17.8 Å².